The Bertz CT molecular complexity index is 549. The van der Waals surface area contributed by atoms with Gasteiger partial charge >= 0.3 is 0 Å². The summed E-state index contributed by atoms with van der Waals surface area (Å²) in [5, 5.41) is 8.78. The summed E-state index contributed by atoms with van der Waals surface area (Å²) in [7, 11) is 0. The summed E-state index contributed by atoms with van der Waals surface area (Å²) in [4.78, 5) is 14.3. The monoisotopic (exact) mass is 298 g/mol. The second-order valence-corrected chi connectivity index (χ2v) is 6.34. The van der Waals surface area contributed by atoms with Crippen LogP contribution in [0, 0.1) is 17.2 Å². The maximum absolute atomic E-state index is 12.3. The van der Waals surface area contributed by atoms with Crippen molar-refractivity contribution in [2.24, 2.45) is 5.92 Å². The number of nitrogens with zero attached hydrogens (tertiary/aromatic N) is 2. The van der Waals surface area contributed by atoms with Gasteiger partial charge in [0, 0.05) is 19.7 Å². The topological polar surface area (TPSA) is 53.3 Å². The van der Waals surface area contributed by atoms with E-state index in [2.05, 4.69) is 6.07 Å². The van der Waals surface area contributed by atoms with Gasteiger partial charge in [0.25, 0.3) is 0 Å². The SMILES string of the molecule is N#Cc1ccc(CC(=O)N2CCC(OCC3CC3)CC2)cc1. The summed E-state index contributed by atoms with van der Waals surface area (Å²) in [6.07, 6.45) is 5.29. The van der Waals surface area contributed by atoms with Crippen LogP contribution in [-0.2, 0) is 16.0 Å². The maximum Gasteiger partial charge on any atom is 0.226 e. The van der Waals surface area contributed by atoms with E-state index in [0.29, 0.717) is 18.1 Å². The van der Waals surface area contributed by atoms with Crippen LogP contribution in [-0.4, -0.2) is 36.6 Å². The fourth-order valence-electron chi connectivity index (χ4n) is 2.81. The van der Waals surface area contributed by atoms with Gasteiger partial charge < -0.3 is 9.64 Å². The van der Waals surface area contributed by atoms with E-state index in [4.69, 9.17) is 10.00 Å². The van der Waals surface area contributed by atoms with Gasteiger partial charge in [-0.25, -0.2) is 0 Å². The van der Waals surface area contributed by atoms with Gasteiger partial charge in [-0.05, 0) is 49.3 Å². The lowest BCUT2D eigenvalue weighted by Gasteiger charge is -2.32. The quantitative estimate of drug-likeness (QED) is 0.839. The van der Waals surface area contributed by atoms with Crippen molar-refractivity contribution in [1.82, 2.24) is 4.90 Å². The van der Waals surface area contributed by atoms with Gasteiger partial charge in [-0.2, -0.15) is 5.26 Å². The molecule has 1 aliphatic heterocycles. The molecular weight excluding hydrogens is 276 g/mol. The predicted octanol–water partition coefficient (Wildman–Crippen LogP) is 2.52. The van der Waals surface area contributed by atoms with Gasteiger partial charge in [-0.1, -0.05) is 12.1 Å². The first-order valence-corrected chi connectivity index (χ1v) is 8.13. The fourth-order valence-corrected chi connectivity index (χ4v) is 2.81. The first kappa shape index (κ1) is 15.1. The molecule has 0 radical (unpaired) electrons. The van der Waals surface area contributed by atoms with Crippen LogP contribution in [0.25, 0.3) is 0 Å². The summed E-state index contributed by atoms with van der Waals surface area (Å²) >= 11 is 0. The highest BCUT2D eigenvalue weighted by Gasteiger charge is 2.26. The highest BCUT2D eigenvalue weighted by atomic mass is 16.5. The molecule has 3 rings (SSSR count). The molecule has 1 saturated heterocycles. The zero-order valence-corrected chi connectivity index (χ0v) is 12.8. The number of carbonyl (C=O) groups is 1. The fraction of sp³-hybridized carbons (Fsp3) is 0.556. The summed E-state index contributed by atoms with van der Waals surface area (Å²) in [5.74, 6) is 0.974. The molecule has 0 aromatic heterocycles. The molecule has 0 bridgehead atoms. The normalized spacial score (nSPS) is 19.0. The molecule has 0 spiro atoms. The Balaban J connectivity index is 1.43. The van der Waals surface area contributed by atoms with Crippen LogP contribution in [0.4, 0.5) is 0 Å². The van der Waals surface area contributed by atoms with Crippen LogP contribution < -0.4 is 0 Å². The number of amides is 1. The third-order valence-corrected chi connectivity index (χ3v) is 4.50. The van der Waals surface area contributed by atoms with E-state index in [1.54, 1.807) is 12.1 Å². The maximum atomic E-state index is 12.3. The number of hydrogen-bond acceptors (Lipinski definition) is 3. The number of rotatable bonds is 5. The molecule has 0 atom stereocenters. The third kappa shape index (κ3) is 4.08. The minimum absolute atomic E-state index is 0.172. The Morgan fingerprint density at radius 2 is 1.86 bits per heavy atom. The summed E-state index contributed by atoms with van der Waals surface area (Å²) in [6, 6.07) is 9.35. The van der Waals surface area contributed by atoms with Crippen molar-refractivity contribution in [2.45, 2.75) is 38.2 Å². The Hall–Kier alpha value is -1.86. The van der Waals surface area contributed by atoms with Crippen molar-refractivity contribution in [3.63, 3.8) is 0 Å². The number of carbonyl (C=O) groups excluding carboxylic acids is 1. The largest absolute Gasteiger partial charge is 0.378 e. The standard InChI is InChI=1S/C18H22N2O2/c19-12-15-3-1-14(2-4-15)11-18(21)20-9-7-17(8-10-20)22-13-16-5-6-16/h1-4,16-17H,5-11,13H2. The highest BCUT2D eigenvalue weighted by Crippen LogP contribution is 2.30. The first-order valence-electron chi connectivity index (χ1n) is 8.13. The third-order valence-electron chi connectivity index (χ3n) is 4.50. The summed E-state index contributed by atoms with van der Waals surface area (Å²) in [5.41, 5.74) is 1.60. The minimum Gasteiger partial charge on any atom is -0.378 e. The lowest BCUT2D eigenvalue weighted by Crippen LogP contribution is -2.41. The van der Waals surface area contributed by atoms with Gasteiger partial charge in [0.05, 0.1) is 24.2 Å². The van der Waals surface area contributed by atoms with Crippen molar-refractivity contribution < 1.29 is 9.53 Å². The molecule has 116 valence electrons. The Kier molecular flexibility index (Phi) is 4.74. The molecule has 0 N–H and O–H groups in total. The van der Waals surface area contributed by atoms with Crippen molar-refractivity contribution in [3.8, 4) is 6.07 Å². The number of piperidine rings is 1. The Morgan fingerprint density at radius 1 is 1.18 bits per heavy atom. The van der Waals surface area contributed by atoms with E-state index >= 15 is 0 Å². The molecule has 1 aromatic carbocycles. The van der Waals surface area contributed by atoms with E-state index in [0.717, 1.165) is 44.0 Å². The lowest BCUT2D eigenvalue weighted by atomic mass is 10.1. The number of benzene rings is 1. The molecule has 2 fully saturated rings. The number of likely N-dealkylation sites (tertiary alicyclic amines) is 1. The molecule has 0 unspecified atom stereocenters. The van der Waals surface area contributed by atoms with Gasteiger partial charge in [0.15, 0.2) is 0 Å². The molecule has 2 aliphatic rings. The summed E-state index contributed by atoms with van der Waals surface area (Å²) < 4.78 is 5.91. The predicted molar refractivity (Wildman–Crippen MR) is 83.1 cm³/mol. The number of ether oxygens (including phenoxy) is 1. The Labute approximate surface area is 131 Å². The van der Waals surface area contributed by atoms with Crippen molar-refractivity contribution in [3.05, 3.63) is 35.4 Å². The van der Waals surface area contributed by atoms with Crippen LogP contribution in [0.5, 0.6) is 0 Å². The second kappa shape index (κ2) is 6.93. The van der Waals surface area contributed by atoms with Crippen LogP contribution in [0.3, 0.4) is 0 Å². The minimum atomic E-state index is 0.172. The summed E-state index contributed by atoms with van der Waals surface area (Å²) in [6.45, 7) is 2.50. The van der Waals surface area contributed by atoms with Gasteiger partial charge in [0.1, 0.15) is 0 Å². The van der Waals surface area contributed by atoms with Gasteiger partial charge in [-0.15, -0.1) is 0 Å². The second-order valence-electron chi connectivity index (χ2n) is 6.34. The molecule has 1 heterocycles. The molecule has 1 amide bonds. The van der Waals surface area contributed by atoms with Crippen molar-refractivity contribution in [1.29, 1.82) is 5.26 Å². The van der Waals surface area contributed by atoms with Gasteiger partial charge in [-0.3, -0.25) is 4.79 Å². The van der Waals surface area contributed by atoms with Gasteiger partial charge in [0.2, 0.25) is 5.91 Å². The van der Waals surface area contributed by atoms with Crippen molar-refractivity contribution >= 4 is 5.91 Å². The average molecular weight is 298 g/mol. The molecule has 1 saturated carbocycles. The highest BCUT2D eigenvalue weighted by molar-refractivity contribution is 5.78. The molecule has 22 heavy (non-hydrogen) atoms. The van der Waals surface area contributed by atoms with E-state index in [-0.39, 0.29) is 5.91 Å². The van der Waals surface area contributed by atoms with Crippen LogP contribution in [0.1, 0.15) is 36.8 Å². The molecular formula is C18H22N2O2. The van der Waals surface area contributed by atoms with Crippen LogP contribution in [0.15, 0.2) is 24.3 Å². The molecule has 1 aliphatic carbocycles. The number of hydrogen-bond donors (Lipinski definition) is 0. The first-order chi connectivity index (χ1) is 10.7. The van der Waals surface area contributed by atoms with E-state index in [9.17, 15) is 4.79 Å². The zero-order valence-electron chi connectivity index (χ0n) is 12.8. The zero-order chi connectivity index (χ0) is 15.4. The molecule has 1 aromatic rings. The van der Waals surface area contributed by atoms with Crippen LogP contribution >= 0.6 is 0 Å². The average Bonchev–Trinajstić information content (AvgIpc) is 3.38. The van der Waals surface area contributed by atoms with E-state index in [1.165, 1.54) is 12.8 Å². The van der Waals surface area contributed by atoms with Crippen LogP contribution in [0.2, 0.25) is 0 Å². The van der Waals surface area contributed by atoms with E-state index in [1.807, 2.05) is 17.0 Å². The molecule has 4 heteroatoms. The Morgan fingerprint density at radius 3 is 2.45 bits per heavy atom. The van der Waals surface area contributed by atoms with Crippen molar-refractivity contribution in [2.75, 3.05) is 19.7 Å². The van der Waals surface area contributed by atoms with E-state index < -0.39 is 0 Å². The smallest absolute Gasteiger partial charge is 0.226 e. The lowest BCUT2D eigenvalue weighted by molar-refractivity contribution is -0.133. The molecule has 4 nitrogen and oxygen atoms in total. The number of nitriles is 1.